The largest absolute Gasteiger partial charge is 0.491 e. The van der Waals surface area contributed by atoms with Gasteiger partial charge in [-0.15, -0.1) is 0 Å². The van der Waals surface area contributed by atoms with E-state index in [2.05, 4.69) is 4.99 Å². The van der Waals surface area contributed by atoms with Crippen LogP contribution < -0.4 is 4.74 Å². The molecule has 1 aliphatic carbocycles. The summed E-state index contributed by atoms with van der Waals surface area (Å²) in [6, 6.07) is 7.67. The number of nitrogens with zero attached hydrogens (tertiary/aromatic N) is 1. The number of ketones is 1. The van der Waals surface area contributed by atoms with E-state index in [0.29, 0.717) is 23.5 Å². The standard InChI is InChI=1S/C23H29NO4/c1-13(2)27-19-12-7-6-9-16(19)21-20(23(26)28-14(3)4)15(5)24-17-10-8-11-18(25)22(17)21/h6-7,9,12-14,20-21H,8,10-11H2,1-5H3/t20?,21-/m1/s1. The third kappa shape index (κ3) is 4.03. The molecule has 5 nitrogen and oxygen atoms in total. The zero-order valence-electron chi connectivity index (χ0n) is 17.3. The Morgan fingerprint density at radius 3 is 2.50 bits per heavy atom. The van der Waals surface area contributed by atoms with Crippen LogP contribution in [0, 0.1) is 5.92 Å². The van der Waals surface area contributed by atoms with Gasteiger partial charge in [0.1, 0.15) is 11.7 Å². The lowest BCUT2D eigenvalue weighted by Gasteiger charge is -2.35. The van der Waals surface area contributed by atoms with Crippen molar-refractivity contribution in [3.63, 3.8) is 0 Å². The van der Waals surface area contributed by atoms with Crippen LogP contribution in [-0.4, -0.2) is 29.7 Å². The predicted octanol–water partition coefficient (Wildman–Crippen LogP) is 4.61. The van der Waals surface area contributed by atoms with E-state index in [1.807, 2.05) is 58.9 Å². The number of aliphatic imine (C=N–C) groups is 1. The molecule has 1 unspecified atom stereocenters. The molecule has 150 valence electrons. The van der Waals surface area contributed by atoms with Gasteiger partial charge in [0, 0.05) is 34.9 Å². The molecule has 0 saturated heterocycles. The zero-order valence-corrected chi connectivity index (χ0v) is 17.3. The van der Waals surface area contributed by atoms with Gasteiger partial charge in [-0.2, -0.15) is 0 Å². The predicted molar refractivity (Wildman–Crippen MR) is 109 cm³/mol. The van der Waals surface area contributed by atoms with E-state index in [1.54, 1.807) is 0 Å². The Kier molecular flexibility index (Phi) is 6.01. The molecule has 1 aliphatic heterocycles. The summed E-state index contributed by atoms with van der Waals surface area (Å²) < 4.78 is 11.6. The number of para-hydroxylation sites is 1. The van der Waals surface area contributed by atoms with Crippen molar-refractivity contribution in [1.29, 1.82) is 0 Å². The summed E-state index contributed by atoms with van der Waals surface area (Å²) in [7, 11) is 0. The Labute approximate surface area is 166 Å². The number of allylic oxidation sites excluding steroid dienone is 2. The van der Waals surface area contributed by atoms with Gasteiger partial charge in [0.25, 0.3) is 0 Å². The van der Waals surface area contributed by atoms with Gasteiger partial charge in [-0.3, -0.25) is 14.6 Å². The number of carbonyl (C=O) groups excluding carboxylic acids is 2. The Morgan fingerprint density at radius 2 is 1.82 bits per heavy atom. The minimum absolute atomic E-state index is 0.0175. The Morgan fingerprint density at radius 1 is 1.11 bits per heavy atom. The summed E-state index contributed by atoms with van der Waals surface area (Å²) in [6.07, 6.45) is 1.79. The summed E-state index contributed by atoms with van der Waals surface area (Å²) in [5.74, 6) is -0.624. The summed E-state index contributed by atoms with van der Waals surface area (Å²) >= 11 is 0. The van der Waals surface area contributed by atoms with Gasteiger partial charge < -0.3 is 9.47 Å². The number of hydrogen-bond acceptors (Lipinski definition) is 5. The fourth-order valence-corrected chi connectivity index (χ4v) is 4.05. The van der Waals surface area contributed by atoms with Gasteiger partial charge in [0.2, 0.25) is 0 Å². The van der Waals surface area contributed by atoms with Crippen molar-refractivity contribution in [3.8, 4) is 5.75 Å². The monoisotopic (exact) mass is 383 g/mol. The first kappa shape index (κ1) is 20.3. The van der Waals surface area contributed by atoms with E-state index in [4.69, 9.17) is 9.47 Å². The van der Waals surface area contributed by atoms with Gasteiger partial charge >= 0.3 is 5.97 Å². The van der Waals surface area contributed by atoms with E-state index < -0.39 is 11.8 Å². The molecule has 3 rings (SSSR count). The average molecular weight is 383 g/mol. The second kappa shape index (κ2) is 8.29. The molecule has 0 radical (unpaired) electrons. The van der Waals surface area contributed by atoms with Crippen LogP contribution in [0.5, 0.6) is 5.75 Å². The zero-order chi connectivity index (χ0) is 20.4. The van der Waals surface area contributed by atoms with Crippen LogP contribution >= 0.6 is 0 Å². The van der Waals surface area contributed by atoms with Gasteiger partial charge in [-0.25, -0.2) is 0 Å². The van der Waals surface area contributed by atoms with Crippen LogP contribution in [0.4, 0.5) is 0 Å². The lowest BCUT2D eigenvalue weighted by atomic mass is 9.71. The van der Waals surface area contributed by atoms with Crippen LogP contribution in [0.1, 0.15) is 65.4 Å². The normalized spacial score (nSPS) is 22.2. The van der Waals surface area contributed by atoms with E-state index in [9.17, 15) is 9.59 Å². The van der Waals surface area contributed by atoms with Crippen LogP contribution in [0.15, 0.2) is 40.5 Å². The molecule has 1 heterocycles. The molecular formula is C23H29NO4. The summed E-state index contributed by atoms with van der Waals surface area (Å²) in [5.41, 5.74) is 3.01. The van der Waals surface area contributed by atoms with Crippen molar-refractivity contribution in [3.05, 3.63) is 41.1 Å². The van der Waals surface area contributed by atoms with Crippen LogP contribution in [-0.2, 0) is 14.3 Å². The van der Waals surface area contributed by atoms with E-state index >= 15 is 0 Å². The highest BCUT2D eigenvalue weighted by atomic mass is 16.5. The van der Waals surface area contributed by atoms with Crippen molar-refractivity contribution in [1.82, 2.24) is 0 Å². The molecular weight excluding hydrogens is 354 g/mol. The molecule has 0 N–H and O–H groups in total. The van der Waals surface area contributed by atoms with Gasteiger partial charge in [0.15, 0.2) is 5.78 Å². The van der Waals surface area contributed by atoms with Crippen molar-refractivity contribution in [2.24, 2.45) is 10.9 Å². The molecule has 1 aromatic rings. The average Bonchev–Trinajstić information content (AvgIpc) is 2.60. The minimum Gasteiger partial charge on any atom is -0.491 e. The number of rotatable bonds is 5. The number of hydrogen-bond donors (Lipinski definition) is 0. The number of ether oxygens (including phenoxy) is 2. The highest BCUT2D eigenvalue weighted by molar-refractivity contribution is 6.09. The number of esters is 1. The smallest absolute Gasteiger partial charge is 0.315 e. The molecule has 0 amide bonds. The molecule has 5 heteroatoms. The molecule has 0 saturated carbocycles. The molecule has 2 atom stereocenters. The lowest BCUT2D eigenvalue weighted by Crippen LogP contribution is -2.38. The second-order valence-corrected chi connectivity index (χ2v) is 8.04. The van der Waals surface area contributed by atoms with Gasteiger partial charge in [0.05, 0.1) is 12.2 Å². The summed E-state index contributed by atoms with van der Waals surface area (Å²) in [6.45, 7) is 9.44. The maximum atomic E-state index is 13.0. The number of Topliss-reactive ketones (excluding diaryl/α,β-unsaturated/α-hetero) is 1. The lowest BCUT2D eigenvalue weighted by molar-refractivity contribution is -0.150. The molecule has 2 aliphatic rings. The maximum absolute atomic E-state index is 13.0. The molecule has 28 heavy (non-hydrogen) atoms. The fraction of sp³-hybridized carbons (Fsp3) is 0.522. The topological polar surface area (TPSA) is 65.0 Å². The number of benzene rings is 1. The first-order valence-corrected chi connectivity index (χ1v) is 10.1. The van der Waals surface area contributed by atoms with E-state index in [-0.39, 0.29) is 24.0 Å². The van der Waals surface area contributed by atoms with Crippen LogP contribution in [0.2, 0.25) is 0 Å². The van der Waals surface area contributed by atoms with Crippen LogP contribution in [0.25, 0.3) is 0 Å². The molecule has 0 bridgehead atoms. The second-order valence-electron chi connectivity index (χ2n) is 8.04. The third-order valence-corrected chi connectivity index (χ3v) is 5.06. The Bertz CT molecular complexity index is 835. The molecule has 0 spiro atoms. The quantitative estimate of drug-likeness (QED) is 0.697. The van der Waals surface area contributed by atoms with Gasteiger partial charge in [-0.1, -0.05) is 18.2 Å². The van der Waals surface area contributed by atoms with Crippen molar-refractivity contribution in [2.45, 2.75) is 72.0 Å². The SMILES string of the molecule is CC1=NC2=C(C(=O)CCC2)[C@H](c2ccccc2OC(C)C)C1C(=O)OC(C)C. The first-order valence-electron chi connectivity index (χ1n) is 10.1. The van der Waals surface area contributed by atoms with Crippen LogP contribution in [0.3, 0.4) is 0 Å². The van der Waals surface area contributed by atoms with E-state index in [0.717, 1.165) is 24.1 Å². The van der Waals surface area contributed by atoms with Gasteiger partial charge in [-0.05, 0) is 53.5 Å². The molecule has 0 fully saturated rings. The summed E-state index contributed by atoms with van der Waals surface area (Å²) in [4.78, 5) is 30.6. The third-order valence-electron chi connectivity index (χ3n) is 5.06. The summed E-state index contributed by atoms with van der Waals surface area (Å²) in [5, 5.41) is 0. The highest BCUT2D eigenvalue weighted by Gasteiger charge is 2.44. The van der Waals surface area contributed by atoms with Crippen molar-refractivity contribution < 1.29 is 19.1 Å². The Hall–Kier alpha value is -2.43. The molecule has 0 aromatic heterocycles. The molecule has 1 aromatic carbocycles. The fourth-order valence-electron chi connectivity index (χ4n) is 4.05. The van der Waals surface area contributed by atoms with E-state index in [1.165, 1.54) is 0 Å². The van der Waals surface area contributed by atoms with Crippen molar-refractivity contribution in [2.75, 3.05) is 0 Å². The minimum atomic E-state index is -0.625. The van der Waals surface area contributed by atoms with Crippen molar-refractivity contribution >= 4 is 17.5 Å². The highest BCUT2D eigenvalue weighted by Crippen LogP contribution is 2.46. The Balaban J connectivity index is 2.17. The number of carbonyl (C=O) groups is 2. The maximum Gasteiger partial charge on any atom is 0.315 e. The first-order chi connectivity index (χ1) is 13.3.